The number of imidazole rings is 1. The van der Waals surface area contributed by atoms with E-state index < -0.39 is 11.4 Å². The Labute approximate surface area is 158 Å². The Morgan fingerprint density at radius 1 is 1.36 bits per heavy atom. The minimum absolute atomic E-state index is 0. The van der Waals surface area contributed by atoms with Crippen molar-refractivity contribution in [3.63, 3.8) is 0 Å². The Balaban J connectivity index is 0.00000156. The number of ether oxygens (including phenoxy) is 1. The number of hydrogen-bond acceptors (Lipinski definition) is 4. The van der Waals surface area contributed by atoms with Crippen LogP contribution in [0.25, 0.3) is 5.69 Å². The lowest BCUT2D eigenvalue weighted by atomic mass is 9.91. The summed E-state index contributed by atoms with van der Waals surface area (Å²) in [5.41, 5.74) is -0.0692. The maximum absolute atomic E-state index is 14.2. The van der Waals surface area contributed by atoms with Crippen LogP contribution in [0.1, 0.15) is 12.8 Å². The minimum atomic E-state index is -0.856. The van der Waals surface area contributed by atoms with E-state index in [2.05, 4.69) is 15.6 Å². The van der Waals surface area contributed by atoms with E-state index in [0.717, 1.165) is 13.1 Å². The average Bonchev–Trinajstić information content (AvgIpc) is 3.09. The first kappa shape index (κ1) is 21.4. The Hall–Kier alpha value is -1.67. The van der Waals surface area contributed by atoms with Gasteiger partial charge in [-0.05, 0) is 44.1 Å². The smallest absolute Gasteiger partial charge is 0.256 e. The summed E-state index contributed by atoms with van der Waals surface area (Å²) in [6.07, 6.45) is 5.93. The fraction of sp³-hybridized carbons (Fsp3) is 0.375. The average molecular weight is 391 g/mol. The van der Waals surface area contributed by atoms with E-state index in [0.29, 0.717) is 24.2 Å². The van der Waals surface area contributed by atoms with E-state index >= 15 is 0 Å². The van der Waals surface area contributed by atoms with Crippen LogP contribution in [0.3, 0.4) is 0 Å². The van der Waals surface area contributed by atoms with Crippen LogP contribution in [-0.2, 0) is 9.53 Å². The number of anilines is 1. The van der Waals surface area contributed by atoms with Gasteiger partial charge < -0.3 is 19.9 Å². The summed E-state index contributed by atoms with van der Waals surface area (Å²) < 4.78 is 21.3. The van der Waals surface area contributed by atoms with E-state index in [4.69, 9.17) is 4.74 Å². The van der Waals surface area contributed by atoms with Crippen LogP contribution in [0.5, 0.6) is 0 Å². The largest absolute Gasteiger partial charge is 0.368 e. The number of methoxy groups -OCH3 is 1. The highest BCUT2D eigenvalue weighted by molar-refractivity contribution is 5.97. The van der Waals surface area contributed by atoms with Gasteiger partial charge >= 0.3 is 0 Å². The van der Waals surface area contributed by atoms with Gasteiger partial charge in [-0.3, -0.25) is 4.79 Å². The fourth-order valence-electron chi connectivity index (χ4n) is 2.80. The van der Waals surface area contributed by atoms with E-state index in [1.54, 1.807) is 29.1 Å². The summed E-state index contributed by atoms with van der Waals surface area (Å²) in [7, 11) is 1.54. The molecule has 1 saturated heterocycles. The van der Waals surface area contributed by atoms with Gasteiger partial charge in [0, 0.05) is 25.2 Å². The second kappa shape index (κ2) is 9.15. The first-order valence-corrected chi connectivity index (χ1v) is 7.50. The van der Waals surface area contributed by atoms with Crippen molar-refractivity contribution in [2.75, 3.05) is 25.5 Å². The SMILES string of the molecule is COC1(C(=O)Nc2ccc(-n3ccnc3)c(F)c2)CCNCC1.Cl.Cl. The Morgan fingerprint density at radius 2 is 2.08 bits per heavy atom. The van der Waals surface area contributed by atoms with Crippen LogP contribution < -0.4 is 10.6 Å². The lowest BCUT2D eigenvalue weighted by Crippen LogP contribution is -2.51. The molecule has 2 heterocycles. The number of rotatable bonds is 4. The van der Waals surface area contributed by atoms with Crippen molar-refractivity contribution in [1.29, 1.82) is 0 Å². The van der Waals surface area contributed by atoms with Crippen molar-refractivity contribution >= 4 is 36.4 Å². The van der Waals surface area contributed by atoms with Gasteiger partial charge in [0.2, 0.25) is 0 Å². The topological polar surface area (TPSA) is 68.2 Å². The predicted octanol–water partition coefficient (Wildman–Crippen LogP) is 2.56. The Bertz CT molecular complexity index is 691. The summed E-state index contributed by atoms with van der Waals surface area (Å²) in [6, 6.07) is 4.58. The van der Waals surface area contributed by atoms with Crippen molar-refractivity contribution in [1.82, 2.24) is 14.9 Å². The molecule has 0 bridgehead atoms. The van der Waals surface area contributed by atoms with Crippen molar-refractivity contribution in [2.24, 2.45) is 0 Å². The quantitative estimate of drug-likeness (QED) is 0.841. The number of carbonyl (C=O) groups is 1. The Kier molecular flexibility index (Phi) is 7.82. The number of amides is 1. The molecule has 25 heavy (non-hydrogen) atoms. The molecule has 0 saturated carbocycles. The molecule has 1 aliphatic rings. The molecule has 1 aromatic heterocycles. The molecular formula is C16H21Cl2FN4O2. The summed E-state index contributed by atoms with van der Waals surface area (Å²) in [6.45, 7) is 1.43. The first-order valence-electron chi connectivity index (χ1n) is 7.50. The highest BCUT2D eigenvalue weighted by atomic mass is 35.5. The number of piperidine rings is 1. The molecule has 0 atom stereocenters. The third-order valence-electron chi connectivity index (χ3n) is 4.20. The van der Waals surface area contributed by atoms with Crippen molar-refractivity contribution < 1.29 is 13.9 Å². The molecule has 9 heteroatoms. The second-order valence-corrected chi connectivity index (χ2v) is 5.54. The van der Waals surface area contributed by atoms with Gasteiger partial charge in [-0.2, -0.15) is 0 Å². The standard InChI is InChI=1S/C16H19FN4O2.2ClH/c1-23-16(4-6-18-7-5-16)15(22)20-12-2-3-14(13(17)10-12)21-9-8-19-11-21;;/h2-3,8-11,18H,4-7H2,1H3,(H,20,22);2*1H. The highest BCUT2D eigenvalue weighted by Gasteiger charge is 2.39. The molecule has 0 spiro atoms. The van der Waals surface area contributed by atoms with Gasteiger partial charge in [0.25, 0.3) is 5.91 Å². The van der Waals surface area contributed by atoms with Crippen LogP contribution in [-0.4, -0.2) is 41.3 Å². The number of halogens is 3. The molecule has 6 nitrogen and oxygen atoms in total. The number of nitrogens with one attached hydrogen (secondary N) is 2. The summed E-state index contributed by atoms with van der Waals surface area (Å²) >= 11 is 0. The summed E-state index contributed by atoms with van der Waals surface area (Å²) in [5, 5.41) is 5.96. The molecule has 1 aliphatic heterocycles. The minimum Gasteiger partial charge on any atom is -0.368 e. The number of benzene rings is 1. The van der Waals surface area contributed by atoms with Crippen molar-refractivity contribution in [2.45, 2.75) is 18.4 Å². The molecule has 0 radical (unpaired) electrons. The van der Waals surface area contributed by atoms with Crippen LogP contribution in [0.15, 0.2) is 36.9 Å². The Morgan fingerprint density at radius 3 is 2.64 bits per heavy atom. The zero-order valence-corrected chi connectivity index (χ0v) is 15.3. The third kappa shape index (κ3) is 4.49. The lowest BCUT2D eigenvalue weighted by Gasteiger charge is -2.34. The lowest BCUT2D eigenvalue weighted by molar-refractivity contribution is -0.140. The molecule has 1 aromatic carbocycles. The van der Waals surface area contributed by atoms with Crippen molar-refractivity contribution in [3.8, 4) is 5.69 Å². The van der Waals surface area contributed by atoms with E-state index in [9.17, 15) is 9.18 Å². The molecular weight excluding hydrogens is 370 g/mol. The predicted molar refractivity (Wildman–Crippen MR) is 98.5 cm³/mol. The molecule has 0 unspecified atom stereocenters. The zero-order valence-electron chi connectivity index (χ0n) is 13.7. The molecule has 138 valence electrons. The van der Waals surface area contributed by atoms with Gasteiger partial charge in [0.05, 0.1) is 12.0 Å². The van der Waals surface area contributed by atoms with Gasteiger partial charge in [-0.25, -0.2) is 9.37 Å². The summed E-state index contributed by atoms with van der Waals surface area (Å²) in [5.74, 6) is -0.672. The summed E-state index contributed by atoms with van der Waals surface area (Å²) in [4.78, 5) is 16.4. The van der Waals surface area contributed by atoms with E-state index in [-0.39, 0.29) is 30.7 Å². The van der Waals surface area contributed by atoms with Crippen LogP contribution in [0.4, 0.5) is 10.1 Å². The van der Waals surface area contributed by atoms with Crippen molar-refractivity contribution in [3.05, 3.63) is 42.7 Å². The van der Waals surface area contributed by atoms with Crippen LogP contribution >= 0.6 is 24.8 Å². The molecule has 0 aliphatic carbocycles. The maximum Gasteiger partial charge on any atom is 0.256 e. The first-order chi connectivity index (χ1) is 11.1. The number of carbonyl (C=O) groups excluding carboxylic acids is 1. The number of hydrogen-bond donors (Lipinski definition) is 2. The molecule has 2 N–H and O–H groups in total. The fourth-order valence-corrected chi connectivity index (χ4v) is 2.80. The van der Waals surface area contributed by atoms with Gasteiger partial charge in [0.15, 0.2) is 0 Å². The number of aromatic nitrogens is 2. The maximum atomic E-state index is 14.2. The van der Waals surface area contributed by atoms with Crippen LogP contribution in [0.2, 0.25) is 0 Å². The van der Waals surface area contributed by atoms with Gasteiger partial charge in [-0.15, -0.1) is 24.8 Å². The van der Waals surface area contributed by atoms with E-state index in [1.165, 1.54) is 19.5 Å². The zero-order chi connectivity index (χ0) is 16.3. The van der Waals surface area contributed by atoms with Gasteiger partial charge in [-0.1, -0.05) is 0 Å². The van der Waals surface area contributed by atoms with Gasteiger partial charge in [0.1, 0.15) is 11.4 Å². The highest BCUT2D eigenvalue weighted by Crippen LogP contribution is 2.25. The van der Waals surface area contributed by atoms with Crippen LogP contribution in [0, 0.1) is 5.82 Å². The molecule has 3 rings (SSSR count). The normalized spacial score (nSPS) is 15.6. The molecule has 1 amide bonds. The molecule has 2 aromatic rings. The third-order valence-corrected chi connectivity index (χ3v) is 4.20. The van der Waals surface area contributed by atoms with E-state index in [1.807, 2.05) is 0 Å². The molecule has 1 fully saturated rings. The monoisotopic (exact) mass is 390 g/mol. The second-order valence-electron chi connectivity index (χ2n) is 5.54. The number of nitrogens with zero attached hydrogens (tertiary/aromatic N) is 2.